The zero-order chi connectivity index (χ0) is 16.0. The molecule has 1 aliphatic carbocycles. The van der Waals surface area contributed by atoms with Gasteiger partial charge < -0.3 is 10.4 Å². The molecule has 1 heterocycles. The quantitative estimate of drug-likeness (QED) is 0.680. The van der Waals surface area contributed by atoms with E-state index in [-0.39, 0.29) is 29.1 Å². The second-order valence-electron chi connectivity index (χ2n) is 6.88. The molecule has 3 atom stereocenters. The Bertz CT molecular complexity index is 464. The fourth-order valence-corrected chi connectivity index (χ4v) is 3.48. The van der Waals surface area contributed by atoms with Crippen LogP contribution in [0, 0.1) is 17.3 Å². The molecule has 21 heavy (non-hydrogen) atoms. The number of nitrogens with one attached hydrogen (secondary N) is 1. The third-order valence-electron chi connectivity index (χ3n) is 4.99. The van der Waals surface area contributed by atoms with Gasteiger partial charge in [-0.3, -0.25) is 19.3 Å². The zero-order valence-electron chi connectivity index (χ0n) is 13.1. The van der Waals surface area contributed by atoms with Crippen LogP contribution < -0.4 is 5.32 Å². The highest BCUT2D eigenvalue weighted by atomic mass is 16.4. The van der Waals surface area contributed by atoms with Crippen molar-refractivity contribution in [1.82, 2.24) is 10.2 Å². The average Bonchev–Trinajstić information content (AvgIpc) is 2.85. The number of nitrogens with zero attached hydrogens (tertiary/aromatic N) is 1. The summed E-state index contributed by atoms with van der Waals surface area (Å²) in [4.78, 5) is 36.9. The molecule has 0 bridgehead atoms. The summed E-state index contributed by atoms with van der Waals surface area (Å²) in [5.74, 6) is -1.41. The number of imide groups is 1. The molecule has 0 aromatic heterocycles. The molecule has 2 N–H and O–H groups in total. The average molecular weight is 296 g/mol. The molecule has 1 saturated heterocycles. The zero-order valence-corrected chi connectivity index (χ0v) is 13.1. The maximum absolute atomic E-state index is 12.2. The number of rotatable bonds is 7. The van der Waals surface area contributed by atoms with E-state index in [9.17, 15) is 19.5 Å². The van der Waals surface area contributed by atoms with E-state index in [4.69, 9.17) is 0 Å². The van der Waals surface area contributed by atoms with Crippen molar-refractivity contribution in [2.45, 2.75) is 46.1 Å². The Labute approximate surface area is 124 Å². The highest BCUT2D eigenvalue weighted by Crippen LogP contribution is 2.63. The highest BCUT2D eigenvalue weighted by molar-refractivity contribution is 6.10. The predicted octanol–water partition coefficient (Wildman–Crippen LogP) is 0.860. The molecular formula is C15H24N2O4. The first-order valence-electron chi connectivity index (χ1n) is 7.50. The number of likely N-dealkylation sites (tertiary alicyclic amines) is 1. The van der Waals surface area contributed by atoms with Crippen molar-refractivity contribution >= 4 is 17.8 Å². The minimum Gasteiger partial charge on any atom is -0.480 e. The molecule has 2 aliphatic rings. The van der Waals surface area contributed by atoms with Gasteiger partial charge in [0.05, 0.1) is 11.8 Å². The fourth-order valence-electron chi connectivity index (χ4n) is 3.48. The molecule has 0 radical (unpaired) electrons. The van der Waals surface area contributed by atoms with Gasteiger partial charge in [0.15, 0.2) is 0 Å². The van der Waals surface area contributed by atoms with Gasteiger partial charge in [0.25, 0.3) is 0 Å². The van der Waals surface area contributed by atoms with Gasteiger partial charge in [0.2, 0.25) is 11.8 Å². The number of carboxylic acid groups (broad SMARTS) is 1. The number of fused-ring (bicyclic) bond motifs is 1. The lowest BCUT2D eigenvalue weighted by molar-refractivity contribution is -0.144. The Kier molecular flexibility index (Phi) is 3.86. The number of hydrogen-bond acceptors (Lipinski definition) is 4. The molecule has 3 unspecified atom stereocenters. The van der Waals surface area contributed by atoms with Crippen molar-refractivity contribution in [2.75, 3.05) is 13.1 Å². The number of hydrogen-bond donors (Lipinski definition) is 2. The van der Waals surface area contributed by atoms with Crippen LogP contribution in [0.15, 0.2) is 0 Å². The normalized spacial score (nSPS) is 29.2. The molecule has 2 amide bonds. The van der Waals surface area contributed by atoms with Crippen molar-refractivity contribution in [1.29, 1.82) is 0 Å². The van der Waals surface area contributed by atoms with Crippen LogP contribution in [0.2, 0.25) is 0 Å². The van der Waals surface area contributed by atoms with E-state index in [1.807, 2.05) is 20.8 Å². The largest absolute Gasteiger partial charge is 0.480 e. The summed E-state index contributed by atoms with van der Waals surface area (Å²) in [6.45, 7) is 8.25. The molecule has 118 valence electrons. The van der Waals surface area contributed by atoms with E-state index in [0.29, 0.717) is 25.9 Å². The number of amides is 2. The van der Waals surface area contributed by atoms with Crippen LogP contribution in [0.1, 0.15) is 40.5 Å². The summed E-state index contributed by atoms with van der Waals surface area (Å²) in [6, 6.07) is 0. The number of carbonyl (C=O) groups is 3. The molecule has 2 fully saturated rings. The molecule has 0 aromatic rings. The second kappa shape index (κ2) is 5.09. The predicted molar refractivity (Wildman–Crippen MR) is 76.4 cm³/mol. The lowest BCUT2D eigenvalue weighted by Gasteiger charge is -2.27. The summed E-state index contributed by atoms with van der Waals surface area (Å²) < 4.78 is 0. The summed E-state index contributed by atoms with van der Waals surface area (Å²) in [5.41, 5.74) is -1.20. The van der Waals surface area contributed by atoms with Gasteiger partial charge in [-0.25, -0.2) is 0 Å². The monoisotopic (exact) mass is 296 g/mol. The Morgan fingerprint density at radius 3 is 2.29 bits per heavy atom. The first-order valence-corrected chi connectivity index (χ1v) is 7.50. The van der Waals surface area contributed by atoms with Gasteiger partial charge in [-0.05, 0) is 31.7 Å². The standard InChI is InChI=1S/C15H24N2O4/c1-5-16-15(4,13(20)21)7-6-8-17-11(18)9-10(12(17)19)14(9,2)3/h9-10,16H,5-8H2,1-4H3,(H,20,21). The molecule has 6 nitrogen and oxygen atoms in total. The maximum atomic E-state index is 12.2. The highest BCUT2D eigenvalue weighted by Gasteiger charge is 2.72. The van der Waals surface area contributed by atoms with E-state index in [2.05, 4.69) is 5.32 Å². The van der Waals surface area contributed by atoms with Gasteiger partial charge in [0.1, 0.15) is 5.54 Å². The van der Waals surface area contributed by atoms with Crippen LogP contribution in [0.4, 0.5) is 0 Å². The van der Waals surface area contributed by atoms with Crippen LogP contribution in [0.25, 0.3) is 0 Å². The van der Waals surface area contributed by atoms with Crippen molar-refractivity contribution in [3.8, 4) is 0 Å². The molecule has 2 rings (SSSR count). The SMILES string of the molecule is CCNC(C)(CCCN1C(=O)C2C(C1=O)C2(C)C)C(=O)O. The number of piperidine rings is 1. The van der Waals surface area contributed by atoms with E-state index < -0.39 is 11.5 Å². The molecular weight excluding hydrogens is 272 g/mol. The number of aliphatic carboxylic acids is 1. The summed E-state index contributed by atoms with van der Waals surface area (Å²) in [5, 5.41) is 12.2. The van der Waals surface area contributed by atoms with Crippen LogP contribution in [-0.2, 0) is 14.4 Å². The van der Waals surface area contributed by atoms with Crippen molar-refractivity contribution < 1.29 is 19.5 Å². The van der Waals surface area contributed by atoms with Crippen molar-refractivity contribution in [3.05, 3.63) is 0 Å². The van der Waals surface area contributed by atoms with E-state index >= 15 is 0 Å². The lowest BCUT2D eigenvalue weighted by Crippen LogP contribution is -2.50. The first-order chi connectivity index (χ1) is 9.66. The van der Waals surface area contributed by atoms with E-state index in [1.165, 1.54) is 4.90 Å². The van der Waals surface area contributed by atoms with Gasteiger partial charge in [-0.1, -0.05) is 20.8 Å². The summed E-state index contributed by atoms with van der Waals surface area (Å²) in [6.07, 6.45) is 0.874. The van der Waals surface area contributed by atoms with Crippen LogP contribution in [0.3, 0.4) is 0 Å². The van der Waals surface area contributed by atoms with Crippen molar-refractivity contribution in [3.63, 3.8) is 0 Å². The smallest absolute Gasteiger partial charge is 0.323 e. The first kappa shape index (κ1) is 15.9. The Morgan fingerprint density at radius 2 is 1.86 bits per heavy atom. The third kappa shape index (κ3) is 2.46. The van der Waals surface area contributed by atoms with Crippen LogP contribution in [-0.4, -0.2) is 46.4 Å². The Morgan fingerprint density at radius 1 is 1.33 bits per heavy atom. The molecule has 6 heteroatoms. The molecule has 0 aromatic carbocycles. The minimum absolute atomic E-state index is 0.0875. The summed E-state index contributed by atoms with van der Waals surface area (Å²) >= 11 is 0. The molecule has 1 saturated carbocycles. The third-order valence-corrected chi connectivity index (χ3v) is 4.99. The second-order valence-corrected chi connectivity index (χ2v) is 6.88. The van der Waals surface area contributed by atoms with Gasteiger partial charge in [-0.15, -0.1) is 0 Å². The maximum Gasteiger partial charge on any atom is 0.323 e. The van der Waals surface area contributed by atoms with Gasteiger partial charge in [-0.2, -0.15) is 0 Å². The molecule has 0 spiro atoms. The number of carboxylic acids is 1. The fraction of sp³-hybridized carbons (Fsp3) is 0.800. The summed E-state index contributed by atoms with van der Waals surface area (Å²) in [7, 11) is 0. The van der Waals surface area contributed by atoms with Crippen LogP contribution >= 0.6 is 0 Å². The van der Waals surface area contributed by atoms with Crippen LogP contribution in [0.5, 0.6) is 0 Å². The number of carbonyl (C=O) groups excluding carboxylic acids is 2. The lowest BCUT2D eigenvalue weighted by atomic mass is 9.95. The Balaban J connectivity index is 1.89. The van der Waals surface area contributed by atoms with Crippen molar-refractivity contribution in [2.24, 2.45) is 17.3 Å². The topological polar surface area (TPSA) is 86.7 Å². The molecule has 1 aliphatic heterocycles. The minimum atomic E-state index is -1.01. The van der Waals surface area contributed by atoms with E-state index in [1.54, 1.807) is 6.92 Å². The number of likely N-dealkylation sites (N-methyl/N-ethyl adjacent to an activating group) is 1. The van der Waals surface area contributed by atoms with Gasteiger partial charge in [0, 0.05) is 6.54 Å². The van der Waals surface area contributed by atoms with Gasteiger partial charge >= 0.3 is 5.97 Å². The van der Waals surface area contributed by atoms with E-state index in [0.717, 1.165) is 0 Å². The Hall–Kier alpha value is -1.43.